The van der Waals surface area contributed by atoms with E-state index in [1.165, 1.54) is 26.2 Å². The number of benzene rings is 2. The number of aryl methyl sites for hydroxylation is 1. The number of ether oxygens (including phenoxy) is 1. The Balaban J connectivity index is 0.000000257. The maximum atomic E-state index is 12.3. The van der Waals surface area contributed by atoms with E-state index in [9.17, 15) is 9.59 Å². The van der Waals surface area contributed by atoms with Gasteiger partial charge >= 0.3 is 0 Å². The molecule has 1 saturated carbocycles. The van der Waals surface area contributed by atoms with Gasteiger partial charge in [0, 0.05) is 27.7 Å². The van der Waals surface area contributed by atoms with Crippen molar-refractivity contribution in [2.45, 2.75) is 66.2 Å². The molecule has 0 spiro atoms. The molecule has 0 aliphatic heterocycles. The van der Waals surface area contributed by atoms with Crippen molar-refractivity contribution in [3.8, 4) is 5.75 Å². The summed E-state index contributed by atoms with van der Waals surface area (Å²) in [4.78, 5) is 23.6. The highest BCUT2D eigenvalue weighted by molar-refractivity contribution is 9.10. The Hall–Kier alpha value is -1.85. The molecule has 1 amide bonds. The van der Waals surface area contributed by atoms with Gasteiger partial charge in [0.25, 0.3) is 0 Å². The third-order valence-electron chi connectivity index (χ3n) is 6.38. The Morgan fingerprint density at radius 3 is 2.30 bits per heavy atom. The van der Waals surface area contributed by atoms with Crippen molar-refractivity contribution < 1.29 is 14.3 Å². The molecule has 1 aliphatic carbocycles. The van der Waals surface area contributed by atoms with Gasteiger partial charge in [-0.25, -0.2) is 0 Å². The third-order valence-corrected chi connectivity index (χ3v) is 7.44. The van der Waals surface area contributed by atoms with E-state index in [1.807, 2.05) is 38.1 Å². The Kier molecular flexibility index (Phi) is 10.9. The monoisotopic (exact) mass is 535 g/mol. The smallest absolute Gasteiger partial charge is 0.227 e. The predicted octanol–water partition coefficient (Wildman–Crippen LogP) is 8.03. The minimum atomic E-state index is 0.0168. The maximum absolute atomic E-state index is 12.3. The number of Topliss-reactive ketones (excluding diaryl/α,β-unsaturated/α-hetero) is 1. The maximum Gasteiger partial charge on any atom is 0.227 e. The molecule has 4 nitrogen and oxygen atoms in total. The first kappa shape index (κ1) is 27.4. The Bertz CT molecular complexity index is 968. The highest BCUT2D eigenvalue weighted by Crippen LogP contribution is 2.32. The van der Waals surface area contributed by atoms with Crippen LogP contribution in [0, 0.1) is 18.8 Å². The van der Waals surface area contributed by atoms with Crippen LogP contribution in [0.25, 0.3) is 0 Å². The highest BCUT2D eigenvalue weighted by Gasteiger charge is 2.25. The normalized spacial score (nSPS) is 17.5. The highest BCUT2D eigenvalue weighted by atomic mass is 79.9. The Morgan fingerprint density at radius 1 is 1.12 bits per heavy atom. The summed E-state index contributed by atoms with van der Waals surface area (Å²) in [7, 11) is 1.65. The first-order chi connectivity index (χ1) is 15.7. The van der Waals surface area contributed by atoms with Crippen LogP contribution in [0.4, 0.5) is 5.69 Å². The van der Waals surface area contributed by atoms with E-state index in [1.54, 1.807) is 13.2 Å². The van der Waals surface area contributed by atoms with E-state index in [-0.39, 0.29) is 17.6 Å². The first-order valence-corrected chi connectivity index (χ1v) is 12.8. The first-order valence-electron chi connectivity index (χ1n) is 11.6. The Morgan fingerprint density at radius 2 is 1.79 bits per heavy atom. The quantitative estimate of drug-likeness (QED) is 0.380. The minimum Gasteiger partial charge on any atom is -0.496 e. The number of nitrogens with one attached hydrogen (secondary N) is 1. The molecule has 6 heteroatoms. The van der Waals surface area contributed by atoms with Gasteiger partial charge in [0.2, 0.25) is 5.91 Å². The van der Waals surface area contributed by atoms with Crippen LogP contribution in [-0.4, -0.2) is 18.8 Å². The second-order valence-corrected chi connectivity index (χ2v) is 9.85. The summed E-state index contributed by atoms with van der Waals surface area (Å²) < 4.78 is 6.24. The zero-order valence-corrected chi connectivity index (χ0v) is 22.6. The van der Waals surface area contributed by atoms with Gasteiger partial charge in [-0.3, -0.25) is 9.59 Å². The number of carbonyl (C=O) groups excluding carboxylic acids is 2. The average Bonchev–Trinajstić information content (AvgIpc) is 2.81. The lowest BCUT2D eigenvalue weighted by molar-refractivity contribution is -0.121. The number of halogens is 2. The molecule has 1 N–H and O–H groups in total. The number of hydrogen-bond donors (Lipinski definition) is 1. The van der Waals surface area contributed by atoms with E-state index in [0.29, 0.717) is 10.6 Å². The minimum absolute atomic E-state index is 0.0168. The number of methoxy groups -OCH3 is 1. The van der Waals surface area contributed by atoms with Gasteiger partial charge in [0.15, 0.2) is 5.78 Å². The standard InChI is InChI=1S/C17H25NO2.C10H10BrClO/c1-4-13-6-8-14(9-7-13)17(19)18-15-10-5-12(2)16(11-15)20-3;1-3-7-8(11)4-5-9(12)10(7)6(2)13/h5,10-11,13-14H,4,6-9H2,1-3H3,(H,18,19);4-5H,3H2,1-2H3. The van der Waals surface area contributed by atoms with Crippen molar-refractivity contribution in [1.29, 1.82) is 0 Å². The molecule has 180 valence electrons. The molecule has 0 unspecified atom stereocenters. The van der Waals surface area contributed by atoms with Gasteiger partial charge < -0.3 is 10.1 Å². The summed E-state index contributed by atoms with van der Waals surface area (Å²) in [5, 5.41) is 3.56. The molecule has 3 rings (SSSR count). The van der Waals surface area contributed by atoms with E-state index in [2.05, 4.69) is 28.2 Å². The van der Waals surface area contributed by atoms with E-state index >= 15 is 0 Å². The lowest BCUT2D eigenvalue weighted by Gasteiger charge is -2.27. The molecular weight excluding hydrogens is 502 g/mol. The Labute approximate surface area is 211 Å². The van der Waals surface area contributed by atoms with Crippen LogP contribution in [0.5, 0.6) is 5.75 Å². The second kappa shape index (κ2) is 13.1. The molecule has 0 aromatic heterocycles. The number of hydrogen-bond acceptors (Lipinski definition) is 3. The molecule has 2 aromatic carbocycles. The van der Waals surface area contributed by atoms with Crippen LogP contribution < -0.4 is 10.1 Å². The molecule has 2 aromatic rings. The van der Waals surface area contributed by atoms with Gasteiger partial charge in [-0.2, -0.15) is 0 Å². The number of ketones is 1. The molecule has 0 saturated heterocycles. The molecule has 1 fully saturated rings. The van der Waals surface area contributed by atoms with Crippen molar-refractivity contribution in [1.82, 2.24) is 0 Å². The van der Waals surface area contributed by atoms with Crippen LogP contribution in [-0.2, 0) is 11.2 Å². The van der Waals surface area contributed by atoms with Crippen LogP contribution >= 0.6 is 27.5 Å². The predicted molar refractivity (Wildman–Crippen MR) is 141 cm³/mol. The van der Waals surface area contributed by atoms with E-state index in [4.69, 9.17) is 16.3 Å². The largest absolute Gasteiger partial charge is 0.496 e. The van der Waals surface area contributed by atoms with Crippen molar-refractivity contribution in [2.75, 3.05) is 12.4 Å². The lowest BCUT2D eigenvalue weighted by atomic mass is 9.80. The fraction of sp³-hybridized carbons (Fsp3) is 0.481. The summed E-state index contributed by atoms with van der Waals surface area (Å²) in [6.45, 7) is 7.77. The van der Waals surface area contributed by atoms with Crippen LogP contribution in [0.15, 0.2) is 34.8 Å². The second-order valence-electron chi connectivity index (χ2n) is 8.59. The molecular formula is C27H35BrClNO3. The molecule has 0 heterocycles. The van der Waals surface area contributed by atoms with Crippen LogP contribution in [0.3, 0.4) is 0 Å². The molecule has 0 atom stereocenters. The summed E-state index contributed by atoms with van der Waals surface area (Å²) in [6.07, 6.45) is 6.46. The number of carbonyl (C=O) groups is 2. The van der Waals surface area contributed by atoms with Crippen molar-refractivity contribution >= 4 is 44.9 Å². The van der Waals surface area contributed by atoms with Crippen molar-refractivity contribution in [2.24, 2.45) is 11.8 Å². The number of rotatable bonds is 6. The fourth-order valence-electron chi connectivity index (χ4n) is 4.30. The number of anilines is 1. The van der Waals surface area contributed by atoms with E-state index in [0.717, 1.165) is 52.2 Å². The van der Waals surface area contributed by atoms with Crippen LogP contribution in [0.1, 0.15) is 74.4 Å². The molecule has 0 radical (unpaired) electrons. The van der Waals surface area contributed by atoms with Gasteiger partial charge in [-0.1, -0.05) is 53.9 Å². The summed E-state index contributed by atoms with van der Waals surface area (Å²) in [6, 6.07) is 9.41. The van der Waals surface area contributed by atoms with Gasteiger partial charge in [-0.15, -0.1) is 0 Å². The third kappa shape index (κ3) is 7.58. The van der Waals surface area contributed by atoms with Crippen LogP contribution in [0.2, 0.25) is 5.02 Å². The van der Waals surface area contributed by atoms with Gasteiger partial charge in [0.05, 0.1) is 12.1 Å². The zero-order valence-electron chi connectivity index (χ0n) is 20.3. The lowest BCUT2D eigenvalue weighted by Crippen LogP contribution is -2.27. The van der Waals surface area contributed by atoms with E-state index < -0.39 is 0 Å². The summed E-state index contributed by atoms with van der Waals surface area (Å²) in [5.74, 6) is 1.98. The fourth-order valence-corrected chi connectivity index (χ4v) is 5.22. The van der Waals surface area contributed by atoms with Gasteiger partial charge in [-0.05, 0) is 81.2 Å². The number of amides is 1. The van der Waals surface area contributed by atoms with Crippen molar-refractivity contribution in [3.63, 3.8) is 0 Å². The molecule has 1 aliphatic rings. The topological polar surface area (TPSA) is 55.4 Å². The average molecular weight is 537 g/mol. The van der Waals surface area contributed by atoms with Gasteiger partial charge in [0.1, 0.15) is 5.75 Å². The summed E-state index contributed by atoms with van der Waals surface area (Å²) >= 11 is 9.33. The zero-order chi connectivity index (χ0) is 24.5. The molecule has 0 bridgehead atoms. The summed E-state index contributed by atoms with van der Waals surface area (Å²) in [5.41, 5.74) is 3.53. The van der Waals surface area contributed by atoms with Crippen molar-refractivity contribution in [3.05, 3.63) is 56.5 Å². The molecule has 33 heavy (non-hydrogen) atoms. The SMILES string of the molecule is CCC1CCC(C(=O)Nc2ccc(C)c(OC)c2)CC1.CCc1c(Br)ccc(Cl)c1C(C)=O.